The second-order valence-electron chi connectivity index (χ2n) is 7.05. The van der Waals surface area contributed by atoms with Crippen molar-refractivity contribution in [3.63, 3.8) is 0 Å². The minimum absolute atomic E-state index is 0.388. The van der Waals surface area contributed by atoms with E-state index in [4.69, 9.17) is 4.42 Å². The Balaban J connectivity index is 1.42. The quantitative estimate of drug-likeness (QED) is 0.872. The number of aryl methyl sites for hydroxylation is 1. The third kappa shape index (κ3) is 3.11. The van der Waals surface area contributed by atoms with Gasteiger partial charge in [-0.05, 0) is 50.9 Å². The van der Waals surface area contributed by atoms with E-state index in [1.807, 2.05) is 25.4 Å². The number of likely N-dealkylation sites (tertiary alicyclic amines) is 1. The number of piperidine rings is 1. The molecule has 122 valence electrons. The molecule has 2 aromatic rings. The maximum absolute atomic E-state index is 5.74. The fourth-order valence-corrected chi connectivity index (χ4v) is 4.12. The van der Waals surface area contributed by atoms with Gasteiger partial charge < -0.3 is 9.32 Å². The molecule has 2 fully saturated rings. The van der Waals surface area contributed by atoms with Crippen LogP contribution in [0.3, 0.4) is 0 Å². The lowest BCUT2D eigenvalue weighted by atomic mass is 9.79. The maximum Gasteiger partial charge on any atom is 0.225 e. The van der Waals surface area contributed by atoms with Crippen LogP contribution < -0.4 is 4.90 Å². The standard InChI is InChI=1S/C18H24N4O/c1-15-4-5-16(23-15)12-21-11-7-18(13-21)6-2-10-22(14-18)17-19-8-3-9-20-17/h3-5,8-9H,2,6-7,10-14H2,1H3/t18-/m1/s1. The normalized spacial score (nSPS) is 25.3. The van der Waals surface area contributed by atoms with E-state index in [0.717, 1.165) is 50.2 Å². The molecule has 2 aliphatic heterocycles. The monoisotopic (exact) mass is 312 g/mol. The van der Waals surface area contributed by atoms with Crippen LogP contribution in [0.5, 0.6) is 0 Å². The van der Waals surface area contributed by atoms with Crippen molar-refractivity contribution in [2.45, 2.75) is 32.7 Å². The lowest BCUT2D eigenvalue weighted by molar-refractivity contribution is 0.208. The van der Waals surface area contributed by atoms with Crippen molar-refractivity contribution in [1.29, 1.82) is 0 Å². The van der Waals surface area contributed by atoms with Crippen molar-refractivity contribution in [3.8, 4) is 0 Å². The van der Waals surface area contributed by atoms with Gasteiger partial charge in [0.2, 0.25) is 5.95 Å². The summed E-state index contributed by atoms with van der Waals surface area (Å²) in [5.41, 5.74) is 0.388. The number of furan rings is 1. The first kappa shape index (κ1) is 14.7. The topological polar surface area (TPSA) is 45.4 Å². The Morgan fingerprint density at radius 1 is 1.13 bits per heavy atom. The van der Waals surface area contributed by atoms with Gasteiger partial charge in [-0.15, -0.1) is 0 Å². The lowest BCUT2D eigenvalue weighted by Gasteiger charge is -2.40. The van der Waals surface area contributed by atoms with Crippen molar-refractivity contribution in [2.75, 3.05) is 31.1 Å². The van der Waals surface area contributed by atoms with Crippen LogP contribution in [0.25, 0.3) is 0 Å². The van der Waals surface area contributed by atoms with Gasteiger partial charge in [-0.2, -0.15) is 0 Å². The van der Waals surface area contributed by atoms with E-state index in [9.17, 15) is 0 Å². The molecule has 1 atom stereocenters. The molecule has 0 N–H and O–H groups in total. The number of anilines is 1. The summed E-state index contributed by atoms with van der Waals surface area (Å²) < 4.78 is 5.74. The molecule has 0 amide bonds. The zero-order valence-corrected chi connectivity index (χ0v) is 13.7. The fraction of sp³-hybridized carbons (Fsp3) is 0.556. The second-order valence-corrected chi connectivity index (χ2v) is 7.05. The molecule has 23 heavy (non-hydrogen) atoms. The molecule has 1 spiro atoms. The van der Waals surface area contributed by atoms with Crippen LogP contribution in [0, 0.1) is 12.3 Å². The highest BCUT2D eigenvalue weighted by Gasteiger charge is 2.41. The second kappa shape index (κ2) is 5.96. The van der Waals surface area contributed by atoms with Gasteiger partial charge in [0.1, 0.15) is 11.5 Å². The summed E-state index contributed by atoms with van der Waals surface area (Å²) in [5, 5.41) is 0. The van der Waals surface area contributed by atoms with Crippen molar-refractivity contribution < 1.29 is 4.42 Å². The van der Waals surface area contributed by atoms with E-state index in [1.54, 1.807) is 0 Å². The van der Waals surface area contributed by atoms with Crippen LogP contribution in [0.4, 0.5) is 5.95 Å². The van der Waals surface area contributed by atoms with E-state index in [1.165, 1.54) is 19.3 Å². The van der Waals surface area contributed by atoms with Crippen molar-refractivity contribution in [3.05, 3.63) is 42.1 Å². The summed E-state index contributed by atoms with van der Waals surface area (Å²) in [5.74, 6) is 2.96. The highest BCUT2D eigenvalue weighted by atomic mass is 16.3. The summed E-state index contributed by atoms with van der Waals surface area (Å²) in [6.45, 7) is 7.39. The average Bonchev–Trinajstić information content (AvgIpc) is 3.15. The molecule has 2 saturated heterocycles. The Kier molecular flexibility index (Phi) is 3.81. The molecule has 4 heterocycles. The first-order chi connectivity index (χ1) is 11.2. The highest BCUT2D eigenvalue weighted by molar-refractivity contribution is 5.30. The number of hydrogen-bond donors (Lipinski definition) is 0. The molecule has 0 aliphatic carbocycles. The summed E-state index contributed by atoms with van der Waals surface area (Å²) >= 11 is 0. The van der Waals surface area contributed by atoms with E-state index < -0.39 is 0 Å². The summed E-state index contributed by atoms with van der Waals surface area (Å²) in [6.07, 6.45) is 7.47. The van der Waals surface area contributed by atoms with Gasteiger partial charge in [-0.3, -0.25) is 4.90 Å². The van der Waals surface area contributed by atoms with E-state index in [2.05, 4.69) is 31.9 Å². The van der Waals surface area contributed by atoms with Crippen LogP contribution >= 0.6 is 0 Å². The van der Waals surface area contributed by atoms with E-state index in [-0.39, 0.29) is 0 Å². The van der Waals surface area contributed by atoms with Gasteiger partial charge in [0.25, 0.3) is 0 Å². The van der Waals surface area contributed by atoms with Crippen LogP contribution in [0.1, 0.15) is 30.8 Å². The Morgan fingerprint density at radius 3 is 2.78 bits per heavy atom. The molecule has 2 aliphatic rings. The van der Waals surface area contributed by atoms with Gasteiger partial charge in [0.05, 0.1) is 6.54 Å². The maximum atomic E-state index is 5.74. The van der Waals surface area contributed by atoms with Crippen LogP contribution in [-0.2, 0) is 6.54 Å². The zero-order valence-electron chi connectivity index (χ0n) is 13.7. The van der Waals surface area contributed by atoms with Crippen molar-refractivity contribution in [2.24, 2.45) is 5.41 Å². The van der Waals surface area contributed by atoms with Gasteiger partial charge in [-0.1, -0.05) is 0 Å². The average molecular weight is 312 g/mol. The minimum atomic E-state index is 0.388. The Labute approximate surface area is 137 Å². The summed E-state index contributed by atoms with van der Waals surface area (Å²) in [7, 11) is 0. The molecule has 4 rings (SSSR count). The van der Waals surface area contributed by atoms with Gasteiger partial charge in [0, 0.05) is 37.4 Å². The van der Waals surface area contributed by atoms with Gasteiger partial charge >= 0.3 is 0 Å². The van der Waals surface area contributed by atoms with E-state index >= 15 is 0 Å². The number of aromatic nitrogens is 2. The molecule has 5 heteroatoms. The summed E-state index contributed by atoms with van der Waals surface area (Å²) in [4.78, 5) is 13.8. The fourth-order valence-electron chi connectivity index (χ4n) is 4.12. The third-order valence-corrected chi connectivity index (χ3v) is 5.19. The highest BCUT2D eigenvalue weighted by Crippen LogP contribution is 2.40. The SMILES string of the molecule is Cc1ccc(CN2CC[C@]3(CCCN(c4ncccn4)C3)C2)o1. The van der Waals surface area contributed by atoms with Gasteiger partial charge in [0.15, 0.2) is 0 Å². The Bertz CT molecular complexity index is 656. The zero-order chi connectivity index (χ0) is 15.7. The number of nitrogens with zero attached hydrogens (tertiary/aromatic N) is 4. The Morgan fingerprint density at radius 2 is 2.00 bits per heavy atom. The smallest absolute Gasteiger partial charge is 0.225 e. The molecule has 0 aromatic carbocycles. The van der Waals surface area contributed by atoms with Crippen LogP contribution in [0.15, 0.2) is 35.0 Å². The minimum Gasteiger partial charge on any atom is -0.465 e. The lowest BCUT2D eigenvalue weighted by Crippen LogP contribution is -2.45. The summed E-state index contributed by atoms with van der Waals surface area (Å²) in [6, 6.07) is 6.04. The predicted molar refractivity (Wildman–Crippen MR) is 89.3 cm³/mol. The first-order valence-corrected chi connectivity index (χ1v) is 8.52. The third-order valence-electron chi connectivity index (χ3n) is 5.19. The number of rotatable bonds is 3. The van der Waals surface area contributed by atoms with Gasteiger partial charge in [-0.25, -0.2) is 9.97 Å². The molecule has 0 saturated carbocycles. The van der Waals surface area contributed by atoms with Crippen molar-refractivity contribution in [1.82, 2.24) is 14.9 Å². The largest absolute Gasteiger partial charge is 0.465 e. The molecular formula is C18H24N4O. The van der Waals surface area contributed by atoms with Crippen molar-refractivity contribution >= 4 is 5.95 Å². The van der Waals surface area contributed by atoms with E-state index in [0.29, 0.717) is 5.41 Å². The van der Waals surface area contributed by atoms with Crippen LogP contribution in [-0.4, -0.2) is 41.0 Å². The number of hydrogen-bond acceptors (Lipinski definition) is 5. The molecule has 0 unspecified atom stereocenters. The molecular weight excluding hydrogens is 288 g/mol. The van der Waals surface area contributed by atoms with Crippen LogP contribution in [0.2, 0.25) is 0 Å². The predicted octanol–water partition coefficient (Wildman–Crippen LogP) is 2.87. The molecule has 2 aromatic heterocycles. The Hall–Kier alpha value is -1.88. The molecule has 5 nitrogen and oxygen atoms in total. The molecule has 0 bridgehead atoms. The molecule has 0 radical (unpaired) electrons. The first-order valence-electron chi connectivity index (χ1n) is 8.52.